The second-order valence-electron chi connectivity index (χ2n) is 6.88. The second-order valence-corrected chi connectivity index (χ2v) is 8.13. The Morgan fingerprint density at radius 1 is 1.30 bits per heavy atom. The molecule has 0 bridgehead atoms. The average molecular weight is 429 g/mol. The van der Waals surface area contributed by atoms with Crippen LogP contribution in [-0.2, 0) is 14.9 Å². The molecule has 0 aliphatic heterocycles. The van der Waals surface area contributed by atoms with Gasteiger partial charge in [0.15, 0.2) is 0 Å². The monoisotopic (exact) mass is 429 g/mol. The van der Waals surface area contributed by atoms with Crippen LogP contribution in [0.1, 0.15) is 52.0 Å². The Bertz CT molecular complexity index is 509. The van der Waals surface area contributed by atoms with Crippen molar-refractivity contribution >= 4 is 28.6 Å². The molecule has 0 amide bonds. The summed E-state index contributed by atoms with van der Waals surface area (Å²) in [6.45, 7) is 7.09. The number of hydrogen-bond donors (Lipinski definition) is 1. The Labute approximate surface area is 153 Å². The van der Waals surface area contributed by atoms with Crippen molar-refractivity contribution in [2.24, 2.45) is 5.92 Å². The molecule has 1 atom stereocenters. The predicted octanol–water partition coefficient (Wildman–Crippen LogP) is 4.28. The van der Waals surface area contributed by atoms with Crippen molar-refractivity contribution in [2.75, 3.05) is 13.2 Å². The lowest BCUT2D eigenvalue weighted by atomic mass is 9.59. The van der Waals surface area contributed by atoms with Crippen molar-refractivity contribution in [2.45, 2.75) is 57.9 Å². The molecule has 1 aliphatic rings. The van der Waals surface area contributed by atoms with Crippen LogP contribution in [-0.4, -0.2) is 25.2 Å². The van der Waals surface area contributed by atoms with Crippen LogP contribution < -0.4 is 5.32 Å². The van der Waals surface area contributed by atoms with Crippen molar-refractivity contribution in [3.05, 3.63) is 33.4 Å². The van der Waals surface area contributed by atoms with Gasteiger partial charge in [-0.25, -0.2) is 0 Å². The summed E-state index contributed by atoms with van der Waals surface area (Å²) in [6.07, 6.45) is 4.73. The number of hydrogen-bond acceptors (Lipinski definition) is 3. The lowest BCUT2D eigenvalue weighted by molar-refractivity contribution is -0.142. The average Bonchev–Trinajstić information content (AvgIpc) is 2.45. The molecular formula is C19H28INO2. The summed E-state index contributed by atoms with van der Waals surface area (Å²) in [7, 11) is 0. The van der Waals surface area contributed by atoms with Crippen LogP contribution in [0.4, 0.5) is 0 Å². The molecule has 4 heteroatoms. The van der Waals surface area contributed by atoms with Crippen LogP contribution in [0.5, 0.6) is 0 Å². The van der Waals surface area contributed by atoms with Gasteiger partial charge in [-0.15, -0.1) is 0 Å². The summed E-state index contributed by atoms with van der Waals surface area (Å²) in [5.74, 6) is 0.439. The number of esters is 1. The first-order valence-electron chi connectivity index (χ1n) is 8.63. The summed E-state index contributed by atoms with van der Waals surface area (Å²) < 4.78 is 6.35. The fourth-order valence-electron chi connectivity index (χ4n) is 3.57. The van der Waals surface area contributed by atoms with Gasteiger partial charge in [0, 0.05) is 15.0 Å². The molecule has 1 aliphatic carbocycles. The first kappa shape index (κ1) is 18.7. The minimum atomic E-state index is -0.154. The zero-order valence-electron chi connectivity index (χ0n) is 14.4. The van der Waals surface area contributed by atoms with Crippen LogP contribution in [0.25, 0.3) is 0 Å². The lowest BCUT2D eigenvalue weighted by Gasteiger charge is -2.49. The van der Waals surface area contributed by atoms with E-state index in [-0.39, 0.29) is 11.4 Å². The van der Waals surface area contributed by atoms with Gasteiger partial charge < -0.3 is 10.1 Å². The van der Waals surface area contributed by atoms with Crippen LogP contribution in [0.3, 0.4) is 0 Å². The Balaban J connectivity index is 2.17. The fourth-order valence-corrected chi connectivity index (χ4v) is 3.93. The highest BCUT2D eigenvalue weighted by atomic mass is 127. The molecule has 1 aromatic carbocycles. The molecule has 1 N–H and O–H groups in total. The molecule has 128 valence electrons. The number of rotatable bonds is 8. The number of benzene rings is 1. The fraction of sp³-hybridized carbons (Fsp3) is 0.632. The molecule has 23 heavy (non-hydrogen) atoms. The zero-order valence-corrected chi connectivity index (χ0v) is 16.6. The SMILES string of the molecule is CCOC(=O)CNC(CC(C)C)C1(c2ccc(I)cc2)CCC1. The second kappa shape index (κ2) is 8.47. The van der Waals surface area contributed by atoms with E-state index in [1.54, 1.807) is 0 Å². The van der Waals surface area contributed by atoms with Crippen molar-refractivity contribution < 1.29 is 9.53 Å². The van der Waals surface area contributed by atoms with Gasteiger partial charge in [-0.05, 0) is 72.4 Å². The summed E-state index contributed by atoms with van der Waals surface area (Å²) in [6, 6.07) is 9.22. The van der Waals surface area contributed by atoms with Crippen molar-refractivity contribution in [1.29, 1.82) is 0 Å². The molecule has 1 unspecified atom stereocenters. The molecule has 1 fully saturated rings. The van der Waals surface area contributed by atoms with E-state index in [0.717, 1.165) is 6.42 Å². The van der Waals surface area contributed by atoms with Gasteiger partial charge >= 0.3 is 5.97 Å². The number of halogens is 1. The van der Waals surface area contributed by atoms with E-state index in [0.29, 0.717) is 25.1 Å². The van der Waals surface area contributed by atoms with Gasteiger partial charge in [-0.3, -0.25) is 4.79 Å². The van der Waals surface area contributed by atoms with E-state index < -0.39 is 0 Å². The molecule has 3 nitrogen and oxygen atoms in total. The quantitative estimate of drug-likeness (QED) is 0.495. The number of nitrogens with one attached hydrogen (secondary N) is 1. The van der Waals surface area contributed by atoms with E-state index in [4.69, 9.17) is 4.74 Å². The smallest absolute Gasteiger partial charge is 0.319 e. The van der Waals surface area contributed by atoms with Crippen molar-refractivity contribution in [1.82, 2.24) is 5.32 Å². The Morgan fingerprint density at radius 2 is 1.96 bits per heavy atom. The van der Waals surface area contributed by atoms with Crippen molar-refractivity contribution in [3.63, 3.8) is 0 Å². The predicted molar refractivity (Wildman–Crippen MR) is 103 cm³/mol. The van der Waals surface area contributed by atoms with Crippen LogP contribution >= 0.6 is 22.6 Å². The number of carbonyl (C=O) groups excluding carboxylic acids is 1. The van der Waals surface area contributed by atoms with Gasteiger partial charge in [-0.2, -0.15) is 0 Å². The third-order valence-corrected chi connectivity index (χ3v) is 5.56. The number of ether oxygens (including phenoxy) is 1. The molecule has 0 radical (unpaired) electrons. The van der Waals surface area contributed by atoms with E-state index >= 15 is 0 Å². The number of carbonyl (C=O) groups is 1. The first-order valence-corrected chi connectivity index (χ1v) is 9.71. The maximum absolute atomic E-state index is 11.8. The van der Waals surface area contributed by atoms with Crippen LogP contribution in [0, 0.1) is 9.49 Å². The molecule has 0 saturated heterocycles. The summed E-state index contributed by atoms with van der Waals surface area (Å²) in [5, 5.41) is 3.52. The van der Waals surface area contributed by atoms with E-state index in [9.17, 15) is 4.79 Å². The van der Waals surface area contributed by atoms with Gasteiger partial charge in [0.2, 0.25) is 0 Å². The molecule has 1 aromatic rings. The summed E-state index contributed by atoms with van der Waals surface area (Å²) in [4.78, 5) is 11.8. The highest BCUT2D eigenvalue weighted by molar-refractivity contribution is 14.1. The van der Waals surface area contributed by atoms with Gasteiger partial charge in [0.05, 0.1) is 13.2 Å². The Morgan fingerprint density at radius 3 is 2.43 bits per heavy atom. The van der Waals surface area contributed by atoms with E-state index in [1.165, 1.54) is 28.4 Å². The molecular weight excluding hydrogens is 401 g/mol. The van der Waals surface area contributed by atoms with Crippen LogP contribution in [0.2, 0.25) is 0 Å². The van der Waals surface area contributed by atoms with Crippen molar-refractivity contribution in [3.8, 4) is 0 Å². The third-order valence-electron chi connectivity index (χ3n) is 4.84. The molecule has 0 spiro atoms. The minimum Gasteiger partial charge on any atom is -0.465 e. The maximum atomic E-state index is 11.8. The topological polar surface area (TPSA) is 38.3 Å². The molecule has 0 aromatic heterocycles. The maximum Gasteiger partial charge on any atom is 0.319 e. The van der Waals surface area contributed by atoms with E-state index in [2.05, 4.69) is 66.0 Å². The standard InChI is InChI=1S/C19H28INO2/c1-4-23-18(22)13-21-17(12-14(2)3)19(10-5-11-19)15-6-8-16(20)9-7-15/h6-9,14,17,21H,4-5,10-13H2,1-3H3. The minimum absolute atomic E-state index is 0.154. The Hall–Kier alpha value is -0.620. The summed E-state index contributed by atoms with van der Waals surface area (Å²) >= 11 is 2.35. The molecule has 1 saturated carbocycles. The highest BCUT2D eigenvalue weighted by Gasteiger charge is 2.45. The van der Waals surface area contributed by atoms with Gasteiger partial charge in [0.1, 0.15) is 0 Å². The highest BCUT2D eigenvalue weighted by Crippen LogP contribution is 2.48. The molecule has 2 rings (SSSR count). The Kier molecular flexibility index (Phi) is 6.89. The third kappa shape index (κ3) is 4.69. The van der Waals surface area contributed by atoms with Crippen LogP contribution in [0.15, 0.2) is 24.3 Å². The molecule has 0 heterocycles. The normalized spacial score (nSPS) is 17.6. The van der Waals surface area contributed by atoms with Gasteiger partial charge in [0.25, 0.3) is 0 Å². The first-order chi connectivity index (χ1) is 11.0. The van der Waals surface area contributed by atoms with Gasteiger partial charge in [-0.1, -0.05) is 32.4 Å². The van der Waals surface area contributed by atoms with E-state index in [1.807, 2.05) is 6.92 Å². The zero-order chi connectivity index (χ0) is 16.9. The largest absolute Gasteiger partial charge is 0.465 e. The lowest BCUT2D eigenvalue weighted by Crippen LogP contribution is -2.54. The summed E-state index contributed by atoms with van der Waals surface area (Å²) in [5.41, 5.74) is 1.58.